The highest BCUT2D eigenvalue weighted by atomic mass is 16.5. The second-order valence-electron chi connectivity index (χ2n) is 7.75. The highest BCUT2D eigenvalue weighted by molar-refractivity contribution is 6.05. The van der Waals surface area contributed by atoms with Crippen molar-refractivity contribution in [1.82, 2.24) is 9.88 Å². The van der Waals surface area contributed by atoms with Gasteiger partial charge in [0.05, 0.1) is 29.0 Å². The lowest BCUT2D eigenvalue weighted by Gasteiger charge is -2.35. The number of aromatic hydroxyl groups is 1. The molecule has 2 heterocycles. The lowest BCUT2D eigenvalue weighted by molar-refractivity contribution is -0.146. The van der Waals surface area contributed by atoms with Crippen LogP contribution < -0.4 is 0 Å². The average Bonchev–Trinajstić information content (AvgIpc) is 2.76. The summed E-state index contributed by atoms with van der Waals surface area (Å²) in [4.78, 5) is 31.8. The van der Waals surface area contributed by atoms with E-state index in [9.17, 15) is 14.7 Å². The van der Waals surface area contributed by atoms with E-state index in [-0.39, 0.29) is 30.5 Å². The van der Waals surface area contributed by atoms with E-state index in [1.165, 1.54) is 0 Å². The topological polar surface area (TPSA) is 89.0 Å². The number of ether oxygens (including phenoxy) is 2. The van der Waals surface area contributed by atoms with Crippen molar-refractivity contribution in [3.63, 3.8) is 0 Å². The molecule has 0 saturated carbocycles. The predicted octanol–water partition coefficient (Wildman–Crippen LogP) is 3.40. The Hall–Kier alpha value is -3.45. The second-order valence-corrected chi connectivity index (χ2v) is 7.75. The molecule has 31 heavy (non-hydrogen) atoms. The van der Waals surface area contributed by atoms with E-state index < -0.39 is 5.97 Å². The molecule has 0 radical (unpaired) electrons. The Morgan fingerprint density at radius 1 is 1.10 bits per heavy atom. The van der Waals surface area contributed by atoms with Crippen LogP contribution in [0.3, 0.4) is 0 Å². The number of pyridine rings is 1. The molecule has 0 bridgehead atoms. The van der Waals surface area contributed by atoms with Crippen LogP contribution in [0, 0.1) is 0 Å². The number of para-hydroxylation sites is 1. The van der Waals surface area contributed by atoms with Gasteiger partial charge in [0, 0.05) is 24.0 Å². The molecule has 2 atom stereocenters. The van der Waals surface area contributed by atoms with E-state index in [2.05, 4.69) is 4.98 Å². The van der Waals surface area contributed by atoms with Crippen LogP contribution in [-0.2, 0) is 14.3 Å². The largest absolute Gasteiger partial charge is 0.508 e. The van der Waals surface area contributed by atoms with Crippen molar-refractivity contribution in [2.45, 2.75) is 26.1 Å². The van der Waals surface area contributed by atoms with Crippen LogP contribution in [0.25, 0.3) is 22.2 Å². The summed E-state index contributed by atoms with van der Waals surface area (Å²) >= 11 is 0. The van der Waals surface area contributed by atoms with Gasteiger partial charge in [0.25, 0.3) is 5.91 Å². The fourth-order valence-corrected chi connectivity index (χ4v) is 3.80. The molecular weight excluding hydrogens is 396 g/mol. The number of carbonyl (C=O) groups excluding carboxylic acids is 2. The smallest absolute Gasteiger partial charge is 0.339 e. The maximum Gasteiger partial charge on any atom is 0.339 e. The van der Waals surface area contributed by atoms with Gasteiger partial charge in [0.1, 0.15) is 5.75 Å². The number of fused-ring (bicyclic) bond motifs is 1. The van der Waals surface area contributed by atoms with Gasteiger partial charge in [0.15, 0.2) is 6.61 Å². The summed E-state index contributed by atoms with van der Waals surface area (Å²) in [5.74, 6) is -0.678. The quantitative estimate of drug-likeness (QED) is 0.651. The molecule has 1 N–H and O–H groups in total. The second kappa shape index (κ2) is 8.73. The molecule has 7 heteroatoms. The zero-order valence-corrected chi connectivity index (χ0v) is 17.4. The summed E-state index contributed by atoms with van der Waals surface area (Å²) in [5.41, 5.74) is 2.31. The van der Waals surface area contributed by atoms with Crippen LogP contribution in [0.2, 0.25) is 0 Å². The van der Waals surface area contributed by atoms with Gasteiger partial charge in [-0.15, -0.1) is 0 Å². The Bertz CT molecular complexity index is 1100. The van der Waals surface area contributed by atoms with E-state index in [0.29, 0.717) is 35.2 Å². The number of amides is 1. The zero-order chi connectivity index (χ0) is 22.0. The normalized spacial score (nSPS) is 18.7. The molecule has 0 aliphatic carbocycles. The SMILES string of the molecule is C[C@@H]1CN(C(=O)COC(=O)c2cc(-c3ccc(O)cc3)nc3ccccc23)C[C@H](C)O1. The number of phenolic OH excluding ortho intramolecular Hbond substituents is 1. The van der Waals surface area contributed by atoms with Crippen LogP contribution in [0.15, 0.2) is 54.6 Å². The predicted molar refractivity (Wildman–Crippen MR) is 116 cm³/mol. The van der Waals surface area contributed by atoms with Gasteiger partial charge in [-0.1, -0.05) is 18.2 Å². The van der Waals surface area contributed by atoms with Crippen molar-refractivity contribution < 1.29 is 24.2 Å². The molecule has 0 spiro atoms. The number of phenols is 1. The van der Waals surface area contributed by atoms with Crippen molar-refractivity contribution in [2.24, 2.45) is 0 Å². The third-order valence-corrected chi connectivity index (χ3v) is 5.20. The third-order valence-electron chi connectivity index (χ3n) is 5.20. The summed E-state index contributed by atoms with van der Waals surface area (Å²) in [6.07, 6.45) is -0.110. The Morgan fingerprint density at radius 3 is 2.48 bits per heavy atom. The number of aromatic nitrogens is 1. The molecule has 2 aromatic carbocycles. The number of esters is 1. The molecule has 4 rings (SSSR count). The molecule has 160 valence electrons. The van der Waals surface area contributed by atoms with Crippen molar-refractivity contribution in [3.05, 3.63) is 60.2 Å². The number of hydrogen-bond donors (Lipinski definition) is 1. The van der Waals surface area contributed by atoms with Crippen molar-refractivity contribution >= 4 is 22.8 Å². The zero-order valence-electron chi connectivity index (χ0n) is 17.4. The van der Waals surface area contributed by atoms with E-state index >= 15 is 0 Å². The van der Waals surface area contributed by atoms with Gasteiger partial charge in [-0.25, -0.2) is 9.78 Å². The molecule has 1 amide bonds. The first kappa shape index (κ1) is 20.8. The lowest BCUT2D eigenvalue weighted by atomic mass is 10.0. The first-order chi connectivity index (χ1) is 14.9. The molecule has 1 aliphatic rings. The van der Waals surface area contributed by atoms with Crippen LogP contribution >= 0.6 is 0 Å². The highest BCUT2D eigenvalue weighted by Crippen LogP contribution is 2.26. The lowest BCUT2D eigenvalue weighted by Crippen LogP contribution is -2.49. The molecule has 7 nitrogen and oxygen atoms in total. The van der Waals surface area contributed by atoms with Gasteiger partial charge in [-0.05, 0) is 50.2 Å². The van der Waals surface area contributed by atoms with Gasteiger partial charge >= 0.3 is 5.97 Å². The van der Waals surface area contributed by atoms with Crippen LogP contribution in [-0.4, -0.2) is 58.8 Å². The highest BCUT2D eigenvalue weighted by Gasteiger charge is 2.27. The Kier molecular flexibility index (Phi) is 5.86. The first-order valence-corrected chi connectivity index (χ1v) is 10.2. The van der Waals surface area contributed by atoms with Gasteiger partial charge in [-0.2, -0.15) is 0 Å². The van der Waals surface area contributed by atoms with E-state index in [1.807, 2.05) is 32.0 Å². The standard InChI is InChI=1S/C24H24N2O5/c1-15-12-26(13-16(2)31-15)23(28)14-30-24(29)20-11-22(17-7-9-18(27)10-8-17)25-21-6-4-3-5-19(20)21/h3-11,15-16,27H,12-14H2,1-2H3/t15-,16+. The summed E-state index contributed by atoms with van der Waals surface area (Å²) < 4.78 is 11.0. The van der Waals surface area contributed by atoms with Crippen LogP contribution in [0.4, 0.5) is 0 Å². The first-order valence-electron chi connectivity index (χ1n) is 10.2. The molecule has 3 aromatic rings. The van der Waals surface area contributed by atoms with Gasteiger partial charge in [-0.3, -0.25) is 4.79 Å². The number of morpholine rings is 1. The molecule has 1 aromatic heterocycles. The van der Waals surface area contributed by atoms with Gasteiger partial charge in [0.2, 0.25) is 0 Å². The van der Waals surface area contributed by atoms with Crippen LogP contribution in [0.5, 0.6) is 5.75 Å². The Labute approximate surface area is 180 Å². The maximum absolute atomic E-state index is 12.9. The third kappa shape index (κ3) is 4.67. The van der Waals surface area contributed by atoms with Crippen molar-refractivity contribution in [3.8, 4) is 17.0 Å². The fourth-order valence-electron chi connectivity index (χ4n) is 3.80. The van der Waals surface area contributed by atoms with E-state index in [0.717, 1.165) is 5.56 Å². The molecular formula is C24H24N2O5. The van der Waals surface area contributed by atoms with Gasteiger partial charge < -0.3 is 19.5 Å². The summed E-state index contributed by atoms with van der Waals surface area (Å²) in [7, 11) is 0. The summed E-state index contributed by atoms with van der Waals surface area (Å²) in [6.45, 7) is 4.45. The van der Waals surface area contributed by atoms with E-state index in [4.69, 9.17) is 9.47 Å². The molecule has 1 saturated heterocycles. The number of hydrogen-bond acceptors (Lipinski definition) is 6. The van der Waals surface area contributed by atoms with Crippen molar-refractivity contribution in [1.29, 1.82) is 0 Å². The number of rotatable bonds is 4. The maximum atomic E-state index is 12.9. The molecule has 1 aliphatic heterocycles. The Balaban J connectivity index is 1.57. The fraction of sp³-hybridized carbons (Fsp3) is 0.292. The summed E-state index contributed by atoms with van der Waals surface area (Å²) in [5, 5.41) is 10.2. The summed E-state index contributed by atoms with van der Waals surface area (Å²) in [6, 6.07) is 15.5. The average molecular weight is 420 g/mol. The molecule has 1 fully saturated rings. The number of carbonyl (C=O) groups is 2. The minimum absolute atomic E-state index is 0.0552. The molecule has 0 unspecified atom stereocenters. The minimum atomic E-state index is -0.582. The number of benzene rings is 2. The number of nitrogens with zero attached hydrogens (tertiary/aromatic N) is 2. The minimum Gasteiger partial charge on any atom is -0.508 e. The monoisotopic (exact) mass is 420 g/mol. The van der Waals surface area contributed by atoms with Crippen LogP contribution in [0.1, 0.15) is 24.2 Å². The van der Waals surface area contributed by atoms with E-state index in [1.54, 1.807) is 41.3 Å². The Morgan fingerprint density at radius 2 is 1.77 bits per heavy atom. The van der Waals surface area contributed by atoms with Crippen molar-refractivity contribution in [2.75, 3.05) is 19.7 Å².